The number of benzene rings is 1. The molecule has 3 aromatic heterocycles. The van der Waals surface area contributed by atoms with E-state index in [-0.39, 0.29) is 6.04 Å². The lowest BCUT2D eigenvalue weighted by Gasteiger charge is -2.07. The second-order valence-corrected chi connectivity index (χ2v) is 8.10. The van der Waals surface area contributed by atoms with E-state index in [9.17, 15) is 0 Å². The highest BCUT2D eigenvalue weighted by atomic mass is 35.5. The second kappa shape index (κ2) is 7.90. The number of nitrogens with one attached hydrogen (secondary N) is 1. The summed E-state index contributed by atoms with van der Waals surface area (Å²) < 4.78 is 3.61. The summed E-state index contributed by atoms with van der Waals surface area (Å²) in [4.78, 5) is 0. The molecule has 28 heavy (non-hydrogen) atoms. The van der Waals surface area contributed by atoms with Gasteiger partial charge in [0.2, 0.25) is 5.13 Å². The van der Waals surface area contributed by atoms with Gasteiger partial charge in [-0.05, 0) is 25.5 Å². The maximum absolute atomic E-state index is 6.22. The minimum absolute atomic E-state index is 0.0583. The van der Waals surface area contributed by atoms with Crippen LogP contribution >= 0.6 is 34.5 Å². The van der Waals surface area contributed by atoms with Gasteiger partial charge in [0.25, 0.3) is 0 Å². The fourth-order valence-electron chi connectivity index (χ4n) is 2.65. The van der Waals surface area contributed by atoms with Crippen LogP contribution in [0.15, 0.2) is 42.7 Å². The van der Waals surface area contributed by atoms with Gasteiger partial charge in [-0.15, -0.1) is 10.2 Å². The van der Waals surface area contributed by atoms with Gasteiger partial charge in [0.15, 0.2) is 5.82 Å². The fraction of sp³-hybridized carbons (Fsp3) is 0.222. The lowest BCUT2D eigenvalue weighted by molar-refractivity contribution is 0.554. The molecular weight excluding hydrogens is 417 g/mol. The van der Waals surface area contributed by atoms with Crippen LogP contribution < -0.4 is 5.32 Å². The normalized spacial score (nSPS) is 12.3. The molecule has 144 valence electrons. The van der Waals surface area contributed by atoms with Crippen molar-refractivity contribution in [3.63, 3.8) is 0 Å². The first-order chi connectivity index (χ1) is 13.5. The minimum atomic E-state index is -0.0583. The van der Waals surface area contributed by atoms with Crippen LogP contribution in [-0.2, 0) is 6.54 Å². The largest absolute Gasteiger partial charge is 0.313 e. The number of aryl methyl sites for hydroxylation is 1. The van der Waals surface area contributed by atoms with Gasteiger partial charge in [-0.1, -0.05) is 52.7 Å². The van der Waals surface area contributed by atoms with Gasteiger partial charge >= 0.3 is 0 Å². The zero-order chi connectivity index (χ0) is 19.7. The van der Waals surface area contributed by atoms with E-state index in [1.54, 1.807) is 10.9 Å². The molecule has 10 heteroatoms. The smallest absolute Gasteiger partial charge is 0.211 e. The molecule has 1 aromatic carbocycles. The topological polar surface area (TPSA) is 73.5 Å². The summed E-state index contributed by atoms with van der Waals surface area (Å²) >= 11 is 13.8. The standard InChI is InChI=1S/C18H17Cl2N7S/c1-11-15(20)10-27(24-11)12(2)17-22-23-18(28-17)21-16-7-8-26(25-16)9-13-5-3-4-6-14(13)19/h3-8,10,12H,9H2,1-2H3,(H,21,23,25)/t12-/m0/s1. The first-order valence-corrected chi connectivity index (χ1v) is 10.2. The van der Waals surface area contributed by atoms with E-state index in [2.05, 4.69) is 25.7 Å². The van der Waals surface area contributed by atoms with Crippen LogP contribution in [0.1, 0.15) is 29.2 Å². The summed E-state index contributed by atoms with van der Waals surface area (Å²) in [5, 5.41) is 23.5. The van der Waals surface area contributed by atoms with Gasteiger partial charge in [0, 0.05) is 23.5 Å². The number of halogens is 2. The first kappa shape index (κ1) is 18.9. The van der Waals surface area contributed by atoms with Gasteiger partial charge in [-0.25, -0.2) is 0 Å². The van der Waals surface area contributed by atoms with Crippen LogP contribution in [0, 0.1) is 6.92 Å². The van der Waals surface area contributed by atoms with Crippen LogP contribution in [0.3, 0.4) is 0 Å². The Bertz CT molecular complexity index is 1080. The summed E-state index contributed by atoms with van der Waals surface area (Å²) in [6.45, 7) is 4.47. The first-order valence-electron chi connectivity index (χ1n) is 8.58. The molecule has 4 rings (SSSR count). The number of nitrogens with zero attached hydrogens (tertiary/aromatic N) is 6. The SMILES string of the molecule is Cc1nn([C@@H](C)c2nnc(Nc3ccn(Cc4ccccc4Cl)n3)s2)cc1Cl. The number of anilines is 2. The molecule has 1 atom stereocenters. The predicted octanol–water partition coefficient (Wildman–Crippen LogP) is 4.95. The van der Waals surface area contributed by atoms with E-state index in [1.807, 2.05) is 55.1 Å². The highest BCUT2D eigenvalue weighted by Gasteiger charge is 2.16. The molecule has 0 bridgehead atoms. The minimum Gasteiger partial charge on any atom is -0.313 e. The molecule has 3 heterocycles. The molecule has 0 aliphatic heterocycles. The molecule has 7 nitrogen and oxygen atoms in total. The molecule has 0 aliphatic rings. The molecule has 0 spiro atoms. The molecule has 4 aromatic rings. The molecule has 0 amide bonds. The number of aromatic nitrogens is 6. The molecular formula is C18H17Cl2N7S. The third-order valence-electron chi connectivity index (χ3n) is 4.22. The lowest BCUT2D eigenvalue weighted by Crippen LogP contribution is -2.07. The number of hydrogen-bond acceptors (Lipinski definition) is 6. The predicted molar refractivity (Wildman–Crippen MR) is 112 cm³/mol. The molecule has 0 fully saturated rings. The Morgan fingerprint density at radius 2 is 1.93 bits per heavy atom. The maximum Gasteiger partial charge on any atom is 0.211 e. The molecule has 0 saturated carbocycles. The third kappa shape index (κ3) is 4.04. The average Bonchev–Trinajstić information content (AvgIpc) is 3.39. The van der Waals surface area contributed by atoms with E-state index < -0.39 is 0 Å². The Morgan fingerprint density at radius 1 is 1.11 bits per heavy atom. The van der Waals surface area contributed by atoms with E-state index in [0.717, 1.165) is 21.3 Å². The summed E-state index contributed by atoms with van der Waals surface area (Å²) in [6.07, 6.45) is 3.69. The van der Waals surface area contributed by atoms with Crippen LogP contribution in [0.4, 0.5) is 10.9 Å². The fourth-order valence-corrected chi connectivity index (χ4v) is 3.78. The molecule has 0 aliphatic carbocycles. The third-order valence-corrected chi connectivity index (χ3v) is 5.97. The van der Waals surface area contributed by atoms with Gasteiger partial charge in [0.05, 0.1) is 17.3 Å². The van der Waals surface area contributed by atoms with Crippen molar-refractivity contribution >= 4 is 45.5 Å². The Morgan fingerprint density at radius 3 is 2.68 bits per heavy atom. The Labute approximate surface area is 175 Å². The van der Waals surface area contributed by atoms with Crippen molar-refractivity contribution in [1.29, 1.82) is 0 Å². The second-order valence-electron chi connectivity index (χ2n) is 6.28. The molecule has 1 N–H and O–H groups in total. The molecule has 0 saturated heterocycles. The van der Waals surface area contributed by atoms with Crippen molar-refractivity contribution in [3.05, 3.63) is 69.0 Å². The van der Waals surface area contributed by atoms with E-state index in [0.29, 0.717) is 22.5 Å². The van der Waals surface area contributed by atoms with Crippen molar-refractivity contribution in [2.75, 3.05) is 5.32 Å². The van der Waals surface area contributed by atoms with Gasteiger partial charge in [-0.3, -0.25) is 9.36 Å². The summed E-state index contributed by atoms with van der Waals surface area (Å²) in [6, 6.07) is 9.56. The summed E-state index contributed by atoms with van der Waals surface area (Å²) in [5.41, 5.74) is 1.81. The quantitative estimate of drug-likeness (QED) is 0.465. The van der Waals surface area contributed by atoms with Crippen molar-refractivity contribution in [2.45, 2.75) is 26.4 Å². The lowest BCUT2D eigenvalue weighted by atomic mass is 10.2. The van der Waals surface area contributed by atoms with Crippen LogP contribution in [0.2, 0.25) is 10.0 Å². The van der Waals surface area contributed by atoms with Gasteiger partial charge < -0.3 is 5.32 Å². The Hall–Kier alpha value is -2.42. The highest BCUT2D eigenvalue weighted by molar-refractivity contribution is 7.15. The Balaban J connectivity index is 1.44. The zero-order valence-electron chi connectivity index (χ0n) is 15.2. The van der Waals surface area contributed by atoms with E-state index in [4.69, 9.17) is 23.2 Å². The Kier molecular flexibility index (Phi) is 5.34. The van der Waals surface area contributed by atoms with E-state index in [1.165, 1.54) is 11.3 Å². The van der Waals surface area contributed by atoms with Crippen molar-refractivity contribution in [2.24, 2.45) is 0 Å². The summed E-state index contributed by atoms with van der Waals surface area (Å²) in [7, 11) is 0. The van der Waals surface area contributed by atoms with Crippen molar-refractivity contribution in [1.82, 2.24) is 29.8 Å². The van der Waals surface area contributed by atoms with E-state index >= 15 is 0 Å². The number of rotatable bonds is 6. The molecule has 0 radical (unpaired) electrons. The average molecular weight is 434 g/mol. The van der Waals surface area contributed by atoms with Crippen molar-refractivity contribution < 1.29 is 0 Å². The van der Waals surface area contributed by atoms with Crippen molar-refractivity contribution in [3.8, 4) is 0 Å². The maximum atomic E-state index is 6.22. The summed E-state index contributed by atoms with van der Waals surface area (Å²) in [5.74, 6) is 0.695. The van der Waals surface area contributed by atoms with Gasteiger partial charge in [-0.2, -0.15) is 10.2 Å². The van der Waals surface area contributed by atoms with Crippen LogP contribution in [0.5, 0.6) is 0 Å². The molecule has 0 unspecified atom stereocenters. The van der Waals surface area contributed by atoms with Crippen LogP contribution in [0.25, 0.3) is 0 Å². The zero-order valence-corrected chi connectivity index (χ0v) is 17.5. The van der Waals surface area contributed by atoms with Crippen LogP contribution in [-0.4, -0.2) is 29.8 Å². The monoisotopic (exact) mass is 433 g/mol. The number of hydrogen-bond donors (Lipinski definition) is 1. The highest BCUT2D eigenvalue weighted by Crippen LogP contribution is 2.27. The van der Waals surface area contributed by atoms with Gasteiger partial charge in [0.1, 0.15) is 11.0 Å².